The molecule has 0 bridgehead atoms. The Hall–Kier alpha value is -3.41. The van der Waals surface area contributed by atoms with Crippen LogP contribution in [0.5, 0.6) is 0 Å². The first-order valence-corrected chi connectivity index (χ1v) is 10.8. The maximum atomic E-state index is 13.1. The molecule has 0 saturated carbocycles. The maximum Gasteiger partial charge on any atom is 0.228 e. The van der Waals surface area contributed by atoms with Crippen LogP contribution in [0, 0.1) is 12.8 Å². The average Bonchev–Trinajstić information content (AvgIpc) is 3.20. The van der Waals surface area contributed by atoms with Crippen LogP contribution in [0.25, 0.3) is 10.9 Å². The van der Waals surface area contributed by atoms with Gasteiger partial charge in [0.25, 0.3) is 0 Å². The number of aryl methyl sites for hydroxylation is 1. The molecule has 0 radical (unpaired) electrons. The second-order valence-corrected chi connectivity index (χ2v) is 8.42. The van der Waals surface area contributed by atoms with Gasteiger partial charge >= 0.3 is 0 Å². The summed E-state index contributed by atoms with van der Waals surface area (Å²) < 4.78 is 0. The Labute approximate surface area is 182 Å². The fraction of sp³-hybridized carbons (Fsp3) is 0.320. The molecule has 6 heteroatoms. The number of benzene rings is 2. The quantitative estimate of drug-likeness (QED) is 0.660. The zero-order chi connectivity index (χ0) is 21.4. The van der Waals surface area contributed by atoms with Crippen molar-refractivity contribution < 1.29 is 9.59 Å². The van der Waals surface area contributed by atoms with Crippen molar-refractivity contribution in [2.75, 3.05) is 42.5 Å². The van der Waals surface area contributed by atoms with Crippen LogP contribution in [0.1, 0.15) is 12.0 Å². The molecule has 1 unspecified atom stereocenters. The lowest BCUT2D eigenvalue weighted by Gasteiger charge is -2.36. The van der Waals surface area contributed by atoms with E-state index in [1.54, 1.807) is 4.90 Å². The highest BCUT2D eigenvalue weighted by molar-refractivity contribution is 6.00. The van der Waals surface area contributed by atoms with Crippen molar-refractivity contribution in [1.29, 1.82) is 0 Å². The number of carbonyl (C=O) groups is 2. The summed E-state index contributed by atoms with van der Waals surface area (Å²) in [6, 6.07) is 20.1. The third-order valence-corrected chi connectivity index (χ3v) is 6.32. The Morgan fingerprint density at radius 2 is 1.68 bits per heavy atom. The summed E-state index contributed by atoms with van der Waals surface area (Å²) in [5.41, 5.74) is 3.01. The van der Waals surface area contributed by atoms with Crippen LogP contribution in [-0.4, -0.2) is 54.4 Å². The molecular formula is C25H26N4O2. The number of piperazine rings is 1. The van der Waals surface area contributed by atoms with Gasteiger partial charge in [0.05, 0.1) is 11.4 Å². The molecule has 2 aliphatic rings. The van der Waals surface area contributed by atoms with E-state index < -0.39 is 0 Å². The van der Waals surface area contributed by atoms with Crippen molar-refractivity contribution in [2.45, 2.75) is 13.3 Å². The minimum atomic E-state index is -0.265. The highest BCUT2D eigenvalue weighted by atomic mass is 16.2. The molecular weight excluding hydrogens is 388 g/mol. The molecule has 2 amide bonds. The summed E-state index contributed by atoms with van der Waals surface area (Å²) in [4.78, 5) is 36.3. The van der Waals surface area contributed by atoms with Gasteiger partial charge in [-0.05, 0) is 37.3 Å². The highest BCUT2D eigenvalue weighted by Crippen LogP contribution is 2.27. The van der Waals surface area contributed by atoms with Gasteiger partial charge in [0.2, 0.25) is 11.8 Å². The predicted octanol–water partition coefficient (Wildman–Crippen LogP) is 3.24. The topological polar surface area (TPSA) is 56.8 Å². The van der Waals surface area contributed by atoms with Crippen molar-refractivity contribution in [1.82, 2.24) is 9.88 Å². The summed E-state index contributed by atoms with van der Waals surface area (Å²) in [6.45, 7) is 5.30. The van der Waals surface area contributed by atoms with Gasteiger partial charge in [-0.15, -0.1) is 0 Å². The highest BCUT2D eigenvalue weighted by Gasteiger charge is 2.38. The SMILES string of the molecule is Cc1ccc(N2CC(C(=O)N3CCN(c4ccc5ccccc5n4)CC3)CC2=O)cc1. The van der Waals surface area contributed by atoms with Crippen molar-refractivity contribution in [3.05, 3.63) is 66.2 Å². The molecule has 1 atom stereocenters. The minimum Gasteiger partial charge on any atom is -0.353 e. The Balaban J connectivity index is 1.21. The molecule has 0 N–H and O–H groups in total. The van der Waals surface area contributed by atoms with E-state index in [1.807, 2.05) is 54.3 Å². The number of para-hydroxylation sites is 1. The minimum absolute atomic E-state index is 0.0289. The normalized spacial score (nSPS) is 19.3. The van der Waals surface area contributed by atoms with E-state index in [1.165, 1.54) is 0 Å². The first-order valence-electron chi connectivity index (χ1n) is 10.8. The van der Waals surface area contributed by atoms with E-state index in [9.17, 15) is 9.59 Å². The van der Waals surface area contributed by atoms with Crippen LogP contribution in [0.15, 0.2) is 60.7 Å². The van der Waals surface area contributed by atoms with Gasteiger partial charge in [-0.2, -0.15) is 0 Å². The number of anilines is 2. The third-order valence-electron chi connectivity index (χ3n) is 6.32. The maximum absolute atomic E-state index is 13.1. The van der Waals surface area contributed by atoms with Gasteiger partial charge in [-0.3, -0.25) is 9.59 Å². The van der Waals surface area contributed by atoms with Gasteiger partial charge in [0.15, 0.2) is 0 Å². The largest absolute Gasteiger partial charge is 0.353 e. The molecule has 2 aliphatic heterocycles. The number of hydrogen-bond acceptors (Lipinski definition) is 4. The zero-order valence-electron chi connectivity index (χ0n) is 17.7. The Morgan fingerprint density at radius 1 is 0.935 bits per heavy atom. The Kier molecular flexibility index (Phi) is 5.06. The molecule has 2 fully saturated rings. The molecule has 0 spiro atoms. The molecule has 31 heavy (non-hydrogen) atoms. The second kappa shape index (κ2) is 8.02. The number of carbonyl (C=O) groups excluding carboxylic acids is 2. The number of fused-ring (bicyclic) bond motifs is 1. The van der Waals surface area contributed by atoms with Crippen LogP contribution < -0.4 is 9.80 Å². The number of nitrogens with zero attached hydrogens (tertiary/aromatic N) is 4. The van der Waals surface area contributed by atoms with Crippen LogP contribution in [-0.2, 0) is 9.59 Å². The van der Waals surface area contributed by atoms with Gasteiger partial charge in [0.1, 0.15) is 5.82 Å². The van der Waals surface area contributed by atoms with Gasteiger partial charge < -0.3 is 14.7 Å². The van der Waals surface area contributed by atoms with Crippen molar-refractivity contribution in [3.63, 3.8) is 0 Å². The van der Waals surface area contributed by atoms with Crippen LogP contribution in [0.2, 0.25) is 0 Å². The number of amides is 2. The number of pyridine rings is 1. The molecule has 5 rings (SSSR count). The van der Waals surface area contributed by atoms with Crippen LogP contribution >= 0.6 is 0 Å². The number of hydrogen-bond donors (Lipinski definition) is 0. The first kappa shape index (κ1) is 19.5. The summed E-state index contributed by atoms with van der Waals surface area (Å²) >= 11 is 0. The fourth-order valence-corrected chi connectivity index (χ4v) is 4.49. The van der Waals surface area contributed by atoms with E-state index in [2.05, 4.69) is 23.1 Å². The summed E-state index contributed by atoms with van der Waals surface area (Å²) in [6.07, 6.45) is 0.291. The van der Waals surface area contributed by atoms with Crippen LogP contribution in [0.4, 0.5) is 11.5 Å². The summed E-state index contributed by atoms with van der Waals surface area (Å²) in [7, 11) is 0. The van der Waals surface area contributed by atoms with Crippen LogP contribution in [0.3, 0.4) is 0 Å². The Morgan fingerprint density at radius 3 is 2.45 bits per heavy atom. The molecule has 3 heterocycles. The van der Waals surface area contributed by atoms with E-state index in [4.69, 9.17) is 4.98 Å². The van der Waals surface area contributed by atoms with Crippen molar-refractivity contribution in [2.24, 2.45) is 5.92 Å². The lowest BCUT2D eigenvalue weighted by molar-refractivity contribution is -0.136. The predicted molar refractivity (Wildman–Crippen MR) is 122 cm³/mol. The van der Waals surface area contributed by atoms with E-state index in [0.29, 0.717) is 26.1 Å². The monoisotopic (exact) mass is 414 g/mol. The second-order valence-electron chi connectivity index (χ2n) is 8.42. The van der Waals surface area contributed by atoms with Gasteiger partial charge in [-0.1, -0.05) is 35.9 Å². The molecule has 2 saturated heterocycles. The van der Waals surface area contributed by atoms with E-state index in [0.717, 1.165) is 41.1 Å². The fourth-order valence-electron chi connectivity index (χ4n) is 4.49. The number of rotatable bonds is 3. The van der Waals surface area contributed by atoms with Crippen molar-refractivity contribution >= 4 is 34.2 Å². The van der Waals surface area contributed by atoms with Gasteiger partial charge in [0, 0.05) is 50.2 Å². The summed E-state index contributed by atoms with van der Waals surface area (Å²) in [5.74, 6) is 0.807. The first-order chi connectivity index (χ1) is 15.1. The molecule has 1 aromatic heterocycles. The zero-order valence-corrected chi connectivity index (χ0v) is 17.7. The lowest BCUT2D eigenvalue weighted by Crippen LogP contribution is -2.51. The van der Waals surface area contributed by atoms with Crippen molar-refractivity contribution in [3.8, 4) is 0 Å². The lowest BCUT2D eigenvalue weighted by atomic mass is 10.1. The molecule has 2 aromatic carbocycles. The van der Waals surface area contributed by atoms with E-state index >= 15 is 0 Å². The third kappa shape index (κ3) is 3.85. The van der Waals surface area contributed by atoms with Gasteiger partial charge in [-0.25, -0.2) is 4.98 Å². The smallest absolute Gasteiger partial charge is 0.228 e. The molecule has 3 aromatic rings. The molecule has 158 valence electrons. The average molecular weight is 415 g/mol. The number of aromatic nitrogens is 1. The van der Waals surface area contributed by atoms with E-state index in [-0.39, 0.29) is 17.7 Å². The molecule has 0 aliphatic carbocycles. The molecule has 6 nitrogen and oxygen atoms in total. The Bertz CT molecular complexity index is 1120. The standard InChI is InChI=1S/C25H26N4O2/c1-18-6-9-21(10-7-18)29-17-20(16-24(29)30)25(31)28-14-12-27(13-15-28)23-11-8-19-4-2-3-5-22(19)26-23/h2-11,20H,12-17H2,1H3. The summed E-state index contributed by atoms with van der Waals surface area (Å²) in [5, 5.41) is 1.13.